The van der Waals surface area contributed by atoms with Gasteiger partial charge >= 0.3 is 0 Å². The van der Waals surface area contributed by atoms with Crippen LogP contribution in [0, 0.1) is 13.8 Å². The second-order valence-corrected chi connectivity index (χ2v) is 5.18. The van der Waals surface area contributed by atoms with Crippen molar-refractivity contribution < 1.29 is 0 Å². The Morgan fingerprint density at radius 2 is 1.61 bits per heavy atom. The van der Waals surface area contributed by atoms with E-state index in [-0.39, 0.29) is 0 Å². The Kier molecular flexibility index (Phi) is 2.79. The number of rotatable bonds is 2. The lowest BCUT2D eigenvalue weighted by Crippen LogP contribution is -2.01. The number of hydrogen-bond acceptors (Lipinski definition) is 0. The maximum absolute atomic E-state index is 2.36. The Bertz CT molecular complexity index is 591. The van der Waals surface area contributed by atoms with Crippen molar-refractivity contribution in [1.82, 2.24) is 0 Å². The van der Waals surface area contributed by atoms with E-state index in [1.807, 2.05) is 0 Å². The third-order valence-corrected chi connectivity index (χ3v) is 3.89. The van der Waals surface area contributed by atoms with Crippen LogP contribution < -0.4 is 0 Å². The van der Waals surface area contributed by atoms with E-state index in [9.17, 15) is 0 Å². The predicted octanol–water partition coefficient (Wildman–Crippen LogP) is 4.66. The van der Waals surface area contributed by atoms with Gasteiger partial charge in [0.2, 0.25) is 0 Å². The second kappa shape index (κ2) is 4.45. The van der Waals surface area contributed by atoms with Crippen LogP contribution in [-0.4, -0.2) is 0 Å². The molecule has 0 aromatic heterocycles. The molecule has 1 atom stereocenters. The highest BCUT2D eigenvalue weighted by Crippen LogP contribution is 2.36. The Morgan fingerprint density at radius 1 is 0.889 bits per heavy atom. The molecule has 0 spiro atoms. The quantitative estimate of drug-likeness (QED) is 0.709. The fourth-order valence-electron chi connectivity index (χ4n) is 2.91. The topological polar surface area (TPSA) is 0 Å². The minimum Gasteiger partial charge on any atom is -0.0760 e. The van der Waals surface area contributed by atoms with Crippen LogP contribution in [0.3, 0.4) is 0 Å². The van der Waals surface area contributed by atoms with Crippen molar-refractivity contribution in [3.05, 3.63) is 76.4 Å². The summed E-state index contributed by atoms with van der Waals surface area (Å²) >= 11 is 0. The highest BCUT2D eigenvalue weighted by atomic mass is 14.2. The second-order valence-electron chi connectivity index (χ2n) is 5.18. The number of hydrogen-bond donors (Lipinski definition) is 0. The van der Waals surface area contributed by atoms with E-state index >= 15 is 0 Å². The molecule has 1 unspecified atom stereocenters. The van der Waals surface area contributed by atoms with Crippen molar-refractivity contribution in [2.75, 3.05) is 0 Å². The van der Waals surface area contributed by atoms with Crippen molar-refractivity contribution in [3.63, 3.8) is 0 Å². The average Bonchev–Trinajstić information content (AvgIpc) is 2.80. The fraction of sp³-hybridized carbons (Fsp3) is 0.222. The van der Waals surface area contributed by atoms with Crippen LogP contribution in [0.4, 0.5) is 0 Å². The van der Waals surface area contributed by atoms with Crippen molar-refractivity contribution in [2.45, 2.75) is 26.2 Å². The zero-order valence-corrected chi connectivity index (χ0v) is 11.0. The fourth-order valence-corrected chi connectivity index (χ4v) is 2.91. The third-order valence-electron chi connectivity index (χ3n) is 3.89. The molecule has 1 aliphatic rings. The highest BCUT2D eigenvalue weighted by molar-refractivity contribution is 5.67. The van der Waals surface area contributed by atoms with Crippen LogP contribution in [0.2, 0.25) is 0 Å². The molecule has 0 heterocycles. The van der Waals surface area contributed by atoms with Crippen molar-refractivity contribution in [3.8, 4) is 0 Å². The van der Waals surface area contributed by atoms with Crippen LogP contribution >= 0.6 is 0 Å². The molecule has 0 amide bonds. The first-order valence-electron chi connectivity index (χ1n) is 6.58. The molecule has 0 heteroatoms. The smallest absolute Gasteiger partial charge is 0.00703 e. The number of aryl methyl sites for hydroxylation is 2. The van der Waals surface area contributed by atoms with E-state index < -0.39 is 0 Å². The zero-order valence-electron chi connectivity index (χ0n) is 11.0. The lowest BCUT2D eigenvalue weighted by Gasteiger charge is -2.15. The first-order valence-corrected chi connectivity index (χ1v) is 6.58. The Hall–Kier alpha value is -1.82. The van der Waals surface area contributed by atoms with Crippen LogP contribution in [0.25, 0.3) is 6.08 Å². The van der Waals surface area contributed by atoms with Gasteiger partial charge in [-0.2, -0.15) is 0 Å². The van der Waals surface area contributed by atoms with Gasteiger partial charge in [-0.05, 0) is 48.1 Å². The lowest BCUT2D eigenvalue weighted by atomic mass is 9.89. The van der Waals surface area contributed by atoms with Gasteiger partial charge in [0.05, 0.1) is 0 Å². The molecule has 3 rings (SSSR count). The number of benzene rings is 2. The maximum atomic E-state index is 2.36. The molecule has 0 bridgehead atoms. The largest absolute Gasteiger partial charge is 0.0760 e. The molecular weight excluding hydrogens is 216 g/mol. The highest BCUT2D eigenvalue weighted by Gasteiger charge is 2.20. The summed E-state index contributed by atoms with van der Waals surface area (Å²) in [5, 5.41) is 0. The molecule has 0 N–H and O–H groups in total. The van der Waals surface area contributed by atoms with Crippen molar-refractivity contribution >= 4 is 6.08 Å². The maximum Gasteiger partial charge on any atom is 0.00703 e. The molecule has 90 valence electrons. The molecule has 2 aromatic carbocycles. The summed E-state index contributed by atoms with van der Waals surface area (Å²) in [6.07, 6.45) is 5.76. The van der Waals surface area contributed by atoms with E-state index in [1.54, 1.807) is 0 Å². The normalized spacial score (nSPS) is 16.9. The minimum absolute atomic E-state index is 0.544. The van der Waals surface area contributed by atoms with Crippen molar-refractivity contribution in [2.24, 2.45) is 0 Å². The third kappa shape index (κ3) is 1.88. The zero-order chi connectivity index (χ0) is 12.5. The van der Waals surface area contributed by atoms with Crippen LogP contribution in [0.1, 0.15) is 33.7 Å². The van der Waals surface area contributed by atoms with Gasteiger partial charge in [-0.15, -0.1) is 0 Å². The van der Waals surface area contributed by atoms with Crippen molar-refractivity contribution in [1.29, 1.82) is 0 Å². The summed E-state index contributed by atoms with van der Waals surface area (Å²) in [4.78, 5) is 0. The van der Waals surface area contributed by atoms with Gasteiger partial charge in [-0.3, -0.25) is 0 Å². The monoisotopic (exact) mass is 234 g/mol. The van der Waals surface area contributed by atoms with E-state index in [0.717, 1.165) is 6.42 Å². The van der Waals surface area contributed by atoms with Crippen LogP contribution in [-0.2, 0) is 6.42 Å². The van der Waals surface area contributed by atoms with E-state index in [2.05, 4.69) is 68.5 Å². The first kappa shape index (κ1) is 11.3. The SMILES string of the molecule is Cc1ccc(C)c2c1C=CC2Cc1ccccc1. The molecule has 1 aliphatic carbocycles. The minimum atomic E-state index is 0.544. The van der Waals surface area contributed by atoms with Crippen LogP contribution in [0.15, 0.2) is 48.5 Å². The van der Waals surface area contributed by atoms with E-state index in [4.69, 9.17) is 0 Å². The molecule has 18 heavy (non-hydrogen) atoms. The van der Waals surface area contributed by atoms with Gasteiger partial charge in [0.1, 0.15) is 0 Å². The summed E-state index contributed by atoms with van der Waals surface area (Å²) in [7, 11) is 0. The number of fused-ring (bicyclic) bond motifs is 1. The van der Waals surface area contributed by atoms with Gasteiger partial charge in [-0.1, -0.05) is 54.6 Å². The Balaban J connectivity index is 1.96. The van der Waals surface area contributed by atoms with Gasteiger partial charge in [0, 0.05) is 5.92 Å². The molecule has 0 aliphatic heterocycles. The summed E-state index contributed by atoms with van der Waals surface area (Å²) in [6.45, 7) is 4.43. The summed E-state index contributed by atoms with van der Waals surface area (Å²) in [6, 6.07) is 15.2. The predicted molar refractivity (Wildman–Crippen MR) is 77.8 cm³/mol. The molecule has 0 radical (unpaired) electrons. The van der Waals surface area contributed by atoms with E-state index in [1.165, 1.54) is 27.8 Å². The molecule has 0 saturated carbocycles. The van der Waals surface area contributed by atoms with Crippen LogP contribution in [0.5, 0.6) is 0 Å². The standard InChI is InChI=1S/C18H18/c1-13-8-9-14(2)18-16(10-11-17(13)18)12-15-6-4-3-5-7-15/h3-11,16H,12H2,1-2H3. The van der Waals surface area contributed by atoms with Gasteiger partial charge in [-0.25, -0.2) is 0 Å². The summed E-state index contributed by atoms with van der Waals surface area (Å²) < 4.78 is 0. The van der Waals surface area contributed by atoms with Gasteiger partial charge < -0.3 is 0 Å². The molecule has 0 saturated heterocycles. The Morgan fingerprint density at radius 3 is 2.39 bits per heavy atom. The molecule has 0 fully saturated rings. The average molecular weight is 234 g/mol. The molecular formula is C18H18. The van der Waals surface area contributed by atoms with Gasteiger partial charge in [0.25, 0.3) is 0 Å². The molecule has 2 aromatic rings. The number of allylic oxidation sites excluding steroid dienone is 1. The van der Waals surface area contributed by atoms with E-state index in [0.29, 0.717) is 5.92 Å². The summed E-state index contributed by atoms with van der Waals surface area (Å²) in [5.74, 6) is 0.544. The Labute approximate surface area is 109 Å². The summed E-state index contributed by atoms with van der Waals surface area (Å²) in [5.41, 5.74) is 7.19. The lowest BCUT2D eigenvalue weighted by molar-refractivity contribution is 0.841. The van der Waals surface area contributed by atoms with Gasteiger partial charge in [0.15, 0.2) is 0 Å². The molecule has 0 nitrogen and oxygen atoms in total. The first-order chi connectivity index (χ1) is 8.75.